The number of ether oxygens (including phenoxy) is 1. The summed E-state index contributed by atoms with van der Waals surface area (Å²) in [5, 5.41) is 5.78. The summed E-state index contributed by atoms with van der Waals surface area (Å²) >= 11 is 1.18. The Morgan fingerprint density at radius 2 is 1.75 bits per heavy atom. The van der Waals surface area contributed by atoms with Gasteiger partial charge in [0.05, 0.1) is 27.4 Å². The number of rotatable bonds is 7. The monoisotopic (exact) mass is 468 g/mol. The number of thiazole rings is 1. The van der Waals surface area contributed by atoms with Crippen LogP contribution in [0.15, 0.2) is 77.7 Å². The lowest BCUT2D eigenvalue weighted by molar-refractivity contribution is 0.262. The van der Waals surface area contributed by atoms with Gasteiger partial charge in [0.25, 0.3) is 10.0 Å². The molecule has 4 aromatic rings. The fourth-order valence-corrected chi connectivity index (χ4v) is 5.12. The molecule has 0 aliphatic rings. The molecule has 10 heteroatoms. The van der Waals surface area contributed by atoms with Crippen LogP contribution in [0.5, 0.6) is 5.75 Å². The van der Waals surface area contributed by atoms with Crippen LogP contribution in [0.3, 0.4) is 0 Å². The number of amides is 2. The van der Waals surface area contributed by atoms with E-state index in [9.17, 15) is 13.2 Å². The van der Waals surface area contributed by atoms with E-state index in [0.717, 1.165) is 4.70 Å². The van der Waals surface area contributed by atoms with Crippen molar-refractivity contribution in [3.63, 3.8) is 0 Å². The zero-order valence-electron chi connectivity index (χ0n) is 17.0. The number of carbonyl (C=O) groups excluding carboxylic acids is 1. The number of carbonyl (C=O) groups is 1. The SMILES string of the molecule is CCOc1ccccc1NC(=O)Nc1ccc2nc(NS(=O)(=O)c3ccccc3)sc2c1. The number of sulfonamides is 1. The van der Waals surface area contributed by atoms with Gasteiger partial charge in [0.15, 0.2) is 5.13 Å². The maximum atomic E-state index is 12.5. The Morgan fingerprint density at radius 1 is 1.00 bits per heavy atom. The minimum atomic E-state index is -3.73. The standard InChI is InChI=1S/C22H20N4O4S2/c1-2-30-19-11-7-6-10-17(19)24-21(27)23-15-12-13-18-20(14-15)31-22(25-18)26-32(28,29)16-8-4-3-5-9-16/h3-14H,2H2,1H3,(H,25,26)(H2,23,24,27). The summed E-state index contributed by atoms with van der Waals surface area (Å²) in [6.07, 6.45) is 0. The minimum Gasteiger partial charge on any atom is -0.492 e. The molecule has 2 amide bonds. The fourth-order valence-electron chi connectivity index (χ4n) is 2.96. The molecule has 0 aliphatic carbocycles. The first-order valence-electron chi connectivity index (χ1n) is 9.73. The van der Waals surface area contributed by atoms with Crippen LogP contribution < -0.4 is 20.1 Å². The molecule has 1 aromatic heterocycles. The molecular weight excluding hydrogens is 448 g/mol. The Bertz CT molecular complexity index is 1350. The van der Waals surface area contributed by atoms with Crippen LogP contribution in [0.4, 0.5) is 21.3 Å². The number of para-hydroxylation sites is 2. The highest BCUT2D eigenvalue weighted by molar-refractivity contribution is 7.93. The van der Waals surface area contributed by atoms with Crippen LogP contribution in [0.25, 0.3) is 10.2 Å². The average molecular weight is 469 g/mol. The largest absolute Gasteiger partial charge is 0.492 e. The Kier molecular flexibility index (Phi) is 6.24. The predicted molar refractivity (Wildman–Crippen MR) is 127 cm³/mol. The number of hydrogen-bond acceptors (Lipinski definition) is 6. The summed E-state index contributed by atoms with van der Waals surface area (Å²) in [6, 6.07) is 20.0. The molecule has 0 saturated carbocycles. The second-order valence-electron chi connectivity index (χ2n) is 6.63. The topological polar surface area (TPSA) is 109 Å². The molecule has 0 spiro atoms. The molecule has 3 N–H and O–H groups in total. The second kappa shape index (κ2) is 9.25. The molecule has 0 bridgehead atoms. The van der Waals surface area contributed by atoms with Gasteiger partial charge in [-0.1, -0.05) is 41.7 Å². The van der Waals surface area contributed by atoms with Crippen LogP contribution in [-0.2, 0) is 10.0 Å². The number of urea groups is 1. The van der Waals surface area contributed by atoms with Crippen LogP contribution in [-0.4, -0.2) is 26.0 Å². The van der Waals surface area contributed by atoms with E-state index in [1.54, 1.807) is 54.6 Å². The van der Waals surface area contributed by atoms with E-state index in [1.165, 1.54) is 23.5 Å². The summed E-state index contributed by atoms with van der Waals surface area (Å²) in [7, 11) is -3.73. The summed E-state index contributed by atoms with van der Waals surface area (Å²) < 4.78 is 33.8. The van der Waals surface area contributed by atoms with E-state index >= 15 is 0 Å². The van der Waals surface area contributed by atoms with Gasteiger partial charge in [-0.2, -0.15) is 0 Å². The zero-order valence-corrected chi connectivity index (χ0v) is 18.7. The Balaban J connectivity index is 1.48. The Labute approximate surface area is 189 Å². The normalized spacial score (nSPS) is 11.2. The van der Waals surface area contributed by atoms with Crippen molar-refractivity contribution in [2.24, 2.45) is 0 Å². The summed E-state index contributed by atoms with van der Waals surface area (Å²) in [6.45, 7) is 2.36. The van der Waals surface area contributed by atoms with Crippen LogP contribution >= 0.6 is 11.3 Å². The summed E-state index contributed by atoms with van der Waals surface area (Å²) in [5.41, 5.74) is 1.72. The number of fused-ring (bicyclic) bond motifs is 1. The number of aromatic nitrogens is 1. The molecule has 0 aliphatic heterocycles. The van der Waals surface area contributed by atoms with Crippen molar-refractivity contribution in [2.45, 2.75) is 11.8 Å². The number of hydrogen-bond donors (Lipinski definition) is 3. The van der Waals surface area contributed by atoms with E-state index in [0.29, 0.717) is 29.2 Å². The highest BCUT2D eigenvalue weighted by Crippen LogP contribution is 2.30. The van der Waals surface area contributed by atoms with Gasteiger partial charge in [0.2, 0.25) is 0 Å². The second-order valence-corrected chi connectivity index (χ2v) is 9.34. The van der Waals surface area contributed by atoms with Crippen molar-refractivity contribution >= 4 is 54.1 Å². The molecule has 0 unspecified atom stereocenters. The first kappa shape index (κ1) is 21.6. The predicted octanol–water partition coefficient (Wildman–Crippen LogP) is 5.14. The third-order valence-electron chi connectivity index (χ3n) is 4.36. The van der Waals surface area contributed by atoms with E-state index in [2.05, 4.69) is 20.3 Å². The quantitative estimate of drug-likeness (QED) is 0.348. The van der Waals surface area contributed by atoms with Gasteiger partial charge in [-0.05, 0) is 49.4 Å². The van der Waals surface area contributed by atoms with Crippen molar-refractivity contribution < 1.29 is 17.9 Å². The molecule has 32 heavy (non-hydrogen) atoms. The lowest BCUT2D eigenvalue weighted by atomic mass is 10.3. The van der Waals surface area contributed by atoms with Crippen molar-refractivity contribution in [3.05, 3.63) is 72.8 Å². The lowest BCUT2D eigenvalue weighted by Crippen LogP contribution is -2.19. The van der Waals surface area contributed by atoms with Gasteiger partial charge in [0.1, 0.15) is 5.75 Å². The van der Waals surface area contributed by atoms with Crippen molar-refractivity contribution in [1.82, 2.24) is 4.98 Å². The third kappa shape index (κ3) is 4.98. The van der Waals surface area contributed by atoms with Crippen LogP contribution in [0, 0.1) is 0 Å². The first-order chi connectivity index (χ1) is 15.4. The smallest absolute Gasteiger partial charge is 0.323 e. The molecule has 0 saturated heterocycles. The van der Waals surface area contributed by atoms with E-state index in [1.807, 2.05) is 13.0 Å². The van der Waals surface area contributed by atoms with Crippen molar-refractivity contribution in [3.8, 4) is 5.75 Å². The van der Waals surface area contributed by atoms with Gasteiger partial charge >= 0.3 is 6.03 Å². The molecule has 0 radical (unpaired) electrons. The molecule has 8 nitrogen and oxygen atoms in total. The number of nitrogens with one attached hydrogen (secondary N) is 3. The number of benzene rings is 3. The van der Waals surface area contributed by atoms with Crippen LogP contribution in [0.2, 0.25) is 0 Å². The molecular formula is C22H20N4O4S2. The molecule has 164 valence electrons. The molecule has 1 heterocycles. The van der Waals surface area contributed by atoms with E-state index in [4.69, 9.17) is 4.74 Å². The first-order valence-corrected chi connectivity index (χ1v) is 12.0. The summed E-state index contributed by atoms with van der Waals surface area (Å²) in [4.78, 5) is 16.9. The highest BCUT2D eigenvalue weighted by Gasteiger charge is 2.16. The van der Waals surface area contributed by atoms with E-state index < -0.39 is 16.1 Å². The molecule has 4 rings (SSSR count). The van der Waals surface area contributed by atoms with Gasteiger partial charge in [-0.3, -0.25) is 4.72 Å². The van der Waals surface area contributed by atoms with Gasteiger partial charge in [-0.25, -0.2) is 18.2 Å². The molecule has 0 fully saturated rings. The zero-order chi connectivity index (χ0) is 22.6. The number of nitrogens with zero attached hydrogens (tertiary/aromatic N) is 1. The number of anilines is 3. The maximum absolute atomic E-state index is 12.5. The maximum Gasteiger partial charge on any atom is 0.323 e. The van der Waals surface area contributed by atoms with Crippen molar-refractivity contribution in [2.75, 3.05) is 22.0 Å². The van der Waals surface area contributed by atoms with Crippen LogP contribution in [0.1, 0.15) is 6.92 Å². The van der Waals surface area contributed by atoms with Gasteiger partial charge in [0, 0.05) is 5.69 Å². The highest BCUT2D eigenvalue weighted by atomic mass is 32.2. The van der Waals surface area contributed by atoms with Gasteiger partial charge in [-0.15, -0.1) is 0 Å². The fraction of sp³-hybridized carbons (Fsp3) is 0.0909. The Hall–Kier alpha value is -3.63. The average Bonchev–Trinajstić information content (AvgIpc) is 3.16. The minimum absolute atomic E-state index is 0.158. The molecule has 0 atom stereocenters. The van der Waals surface area contributed by atoms with E-state index in [-0.39, 0.29) is 10.0 Å². The molecule has 3 aromatic carbocycles. The lowest BCUT2D eigenvalue weighted by Gasteiger charge is -2.12. The van der Waals surface area contributed by atoms with Crippen molar-refractivity contribution in [1.29, 1.82) is 0 Å². The van der Waals surface area contributed by atoms with Gasteiger partial charge < -0.3 is 15.4 Å². The summed E-state index contributed by atoms with van der Waals surface area (Å²) in [5.74, 6) is 0.582. The Morgan fingerprint density at radius 3 is 2.53 bits per heavy atom. The third-order valence-corrected chi connectivity index (χ3v) is 6.77.